The second-order valence-corrected chi connectivity index (χ2v) is 8.93. The van der Waals surface area contributed by atoms with Crippen molar-refractivity contribution in [2.45, 2.75) is 71.2 Å². The van der Waals surface area contributed by atoms with E-state index < -0.39 is 10.0 Å². The van der Waals surface area contributed by atoms with Crippen molar-refractivity contribution in [2.24, 2.45) is 0 Å². The van der Waals surface area contributed by atoms with Crippen LogP contribution in [0.4, 0.5) is 0 Å². The molecule has 24 heavy (non-hydrogen) atoms. The van der Waals surface area contributed by atoms with E-state index in [0.29, 0.717) is 17.5 Å². The zero-order valence-electron chi connectivity index (χ0n) is 15.8. The van der Waals surface area contributed by atoms with Gasteiger partial charge in [-0.25, -0.2) is 13.1 Å². The van der Waals surface area contributed by atoms with Crippen LogP contribution in [0.3, 0.4) is 0 Å². The average Bonchev–Trinajstić information content (AvgIpc) is 2.51. The lowest BCUT2D eigenvalue weighted by molar-refractivity contribution is 0.159. The normalized spacial score (nSPS) is 19.6. The number of likely N-dealkylation sites (tertiary alicyclic amines) is 1. The molecule has 1 atom stereocenters. The highest BCUT2D eigenvalue weighted by Gasteiger charge is 2.22. The third-order valence-corrected chi connectivity index (χ3v) is 7.15. The first-order chi connectivity index (χ1) is 11.2. The Balaban J connectivity index is 1.99. The quantitative estimate of drug-likeness (QED) is 0.798. The number of nitrogens with one attached hydrogen (secondary N) is 1. The summed E-state index contributed by atoms with van der Waals surface area (Å²) in [5.74, 6) is 0. The molecule has 1 aromatic carbocycles. The standard InChI is InChI=1S/C19H32N2O2S/c1-14-13-15(2)18(5)19(17(14)4)24(22,23)20-10-8-12-21-11-7-6-9-16(21)3/h13,16,20H,6-12H2,1-5H3. The minimum atomic E-state index is -3.45. The van der Waals surface area contributed by atoms with Crippen molar-refractivity contribution in [3.8, 4) is 0 Å². The fraction of sp³-hybridized carbons (Fsp3) is 0.684. The molecule has 0 radical (unpaired) electrons. The van der Waals surface area contributed by atoms with E-state index >= 15 is 0 Å². The summed E-state index contributed by atoms with van der Waals surface area (Å²) < 4.78 is 28.3. The number of hydrogen-bond acceptors (Lipinski definition) is 3. The molecule has 0 aromatic heterocycles. The molecule has 1 saturated heterocycles. The zero-order chi connectivity index (χ0) is 17.9. The average molecular weight is 353 g/mol. The van der Waals surface area contributed by atoms with Gasteiger partial charge in [0.15, 0.2) is 0 Å². The second-order valence-electron chi connectivity index (χ2n) is 7.22. The summed E-state index contributed by atoms with van der Waals surface area (Å²) in [4.78, 5) is 2.94. The van der Waals surface area contributed by atoms with Crippen LogP contribution in [0.15, 0.2) is 11.0 Å². The molecule has 4 nitrogen and oxygen atoms in total. The highest BCUT2D eigenvalue weighted by Crippen LogP contribution is 2.25. The Bertz CT molecular complexity index is 657. The van der Waals surface area contributed by atoms with E-state index in [2.05, 4.69) is 22.6 Å². The highest BCUT2D eigenvalue weighted by molar-refractivity contribution is 7.89. The smallest absolute Gasteiger partial charge is 0.241 e. The van der Waals surface area contributed by atoms with Crippen LogP contribution in [0.1, 0.15) is 54.9 Å². The number of sulfonamides is 1. The van der Waals surface area contributed by atoms with Crippen molar-refractivity contribution in [1.29, 1.82) is 0 Å². The summed E-state index contributed by atoms with van der Waals surface area (Å²) in [5, 5.41) is 0. The molecule has 0 saturated carbocycles. The third kappa shape index (κ3) is 4.38. The lowest BCUT2D eigenvalue weighted by Gasteiger charge is -2.33. The molecule has 1 aliphatic rings. The summed E-state index contributed by atoms with van der Waals surface area (Å²) in [6, 6.07) is 2.68. The van der Waals surface area contributed by atoms with Crippen molar-refractivity contribution >= 4 is 10.0 Å². The molecule has 1 heterocycles. The van der Waals surface area contributed by atoms with E-state index in [9.17, 15) is 8.42 Å². The van der Waals surface area contributed by atoms with Crippen LogP contribution in [0.25, 0.3) is 0 Å². The first-order valence-corrected chi connectivity index (χ1v) is 10.5. The van der Waals surface area contributed by atoms with Crippen LogP contribution < -0.4 is 4.72 Å². The van der Waals surface area contributed by atoms with Crippen LogP contribution >= 0.6 is 0 Å². The molecular weight excluding hydrogens is 320 g/mol. The van der Waals surface area contributed by atoms with Gasteiger partial charge in [-0.15, -0.1) is 0 Å². The van der Waals surface area contributed by atoms with Crippen LogP contribution in [-0.4, -0.2) is 39.0 Å². The molecule has 1 unspecified atom stereocenters. The molecule has 1 fully saturated rings. The number of rotatable bonds is 6. The van der Waals surface area contributed by atoms with Crippen LogP contribution in [0.2, 0.25) is 0 Å². The monoisotopic (exact) mass is 352 g/mol. The van der Waals surface area contributed by atoms with Crippen molar-refractivity contribution < 1.29 is 8.42 Å². The van der Waals surface area contributed by atoms with Gasteiger partial charge in [0.1, 0.15) is 0 Å². The van der Waals surface area contributed by atoms with Gasteiger partial charge in [-0.1, -0.05) is 12.5 Å². The Hall–Kier alpha value is -0.910. The fourth-order valence-corrected chi connectivity index (χ4v) is 5.32. The van der Waals surface area contributed by atoms with Crippen molar-refractivity contribution in [3.05, 3.63) is 28.3 Å². The van der Waals surface area contributed by atoms with E-state index in [1.165, 1.54) is 19.3 Å². The van der Waals surface area contributed by atoms with Crippen LogP contribution in [0.5, 0.6) is 0 Å². The minimum absolute atomic E-state index is 0.464. The third-order valence-electron chi connectivity index (χ3n) is 5.42. The van der Waals surface area contributed by atoms with Gasteiger partial charge in [-0.2, -0.15) is 0 Å². The van der Waals surface area contributed by atoms with Crippen molar-refractivity contribution in [1.82, 2.24) is 9.62 Å². The van der Waals surface area contributed by atoms with E-state index in [0.717, 1.165) is 41.8 Å². The summed E-state index contributed by atoms with van der Waals surface area (Å²) in [5.41, 5.74) is 3.77. The summed E-state index contributed by atoms with van der Waals surface area (Å²) in [6.07, 6.45) is 4.69. The Morgan fingerprint density at radius 2 is 1.75 bits per heavy atom. The molecular formula is C19H32N2O2S. The van der Waals surface area contributed by atoms with Gasteiger partial charge in [-0.3, -0.25) is 0 Å². The summed E-state index contributed by atoms with van der Waals surface area (Å²) in [6.45, 7) is 12.6. The lowest BCUT2D eigenvalue weighted by Crippen LogP contribution is -2.39. The van der Waals surface area contributed by atoms with E-state index in [4.69, 9.17) is 0 Å². The molecule has 136 valence electrons. The number of nitrogens with zero attached hydrogens (tertiary/aromatic N) is 1. The summed E-state index contributed by atoms with van der Waals surface area (Å²) in [7, 11) is -3.45. The molecule has 1 aliphatic heterocycles. The van der Waals surface area contributed by atoms with Gasteiger partial charge in [0.2, 0.25) is 10.0 Å². The van der Waals surface area contributed by atoms with E-state index in [1.54, 1.807) is 0 Å². The maximum absolute atomic E-state index is 12.8. The maximum Gasteiger partial charge on any atom is 0.241 e. The van der Waals surface area contributed by atoms with Crippen molar-refractivity contribution in [2.75, 3.05) is 19.6 Å². The lowest BCUT2D eigenvalue weighted by atomic mass is 10.0. The van der Waals surface area contributed by atoms with Gasteiger partial charge in [0, 0.05) is 12.6 Å². The van der Waals surface area contributed by atoms with Crippen LogP contribution in [-0.2, 0) is 10.0 Å². The molecule has 0 amide bonds. The van der Waals surface area contributed by atoms with Crippen molar-refractivity contribution in [3.63, 3.8) is 0 Å². The van der Waals surface area contributed by atoms with Gasteiger partial charge in [-0.05, 0) is 89.2 Å². The Labute approximate surface area is 147 Å². The van der Waals surface area contributed by atoms with Gasteiger partial charge < -0.3 is 4.90 Å². The van der Waals surface area contributed by atoms with Gasteiger partial charge in [0.05, 0.1) is 4.90 Å². The maximum atomic E-state index is 12.8. The molecule has 0 aliphatic carbocycles. The largest absolute Gasteiger partial charge is 0.301 e. The Morgan fingerprint density at radius 1 is 1.12 bits per heavy atom. The first-order valence-electron chi connectivity index (χ1n) is 9.05. The topological polar surface area (TPSA) is 49.4 Å². The number of benzene rings is 1. The Morgan fingerprint density at radius 3 is 2.33 bits per heavy atom. The Kier molecular flexibility index (Phi) is 6.46. The SMILES string of the molecule is Cc1cc(C)c(C)c(S(=O)(=O)NCCCN2CCCCC2C)c1C. The first kappa shape index (κ1) is 19.4. The summed E-state index contributed by atoms with van der Waals surface area (Å²) >= 11 is 0. The minimum Gasteiger partial charge on any atom is -0.301 e. The number of piperidine rings is 1. The fourth-order valence-electron chi connectivity index (χ4n) is 3.63. The molecule has 0 spiro atoms. The van der Waals surface area contributed by atoms with Gasteiger partial charge in [0.25, 0.3) is 0 Å². The number of aryl methyl sites for hydroxylation is 2. The predicted octanol–water partition coefficient (Wildman–Crippen LogP) is 3.46. The zero-order valence-corrected chi connectivity index (χ0v) is 16.6. The molecule has 0 bridgehead atoms. The highest BCUT2D eigenvalue weighted by atomic mass is 32.2. The number of hydrogen-bond donors (Lipinski definition) is 1. The van der Waals surface area contributed by atoms with Crippen LogP contribution in [0, 0.1) is 27.7 Å². The van der Waals surface area contributed by atoms with E-state index in [1.807, 2.05) is 27.7 Å². The molecule has 1 aromatic rings. The molecule has 5 heteroatoms. The predicted molar refractivity (Wildman–Crippen MR) is 100 cm³/mol. The molecule has 2 rings (SSSR count). The molecule has 1 N–H and O–H groups in total. The second kappa shape index (κ2) is 7.98. The van der Waals surface area contributed by atoms with Gasteiger partial charge >= 0.3 is 0 Å². The van der Waals surface area contributed by atoms with E-state index in [-0.39, 0.29) is 0 Å².